The molecule has 0 spiro atoms. The molecule has 0 aliphatic heterocycles. The lowest BCUT2D eigenvalue weighted by atomic mass is 10.0. The van der Waals surface area contributed by atoms with Crippen molar-refractivity contribution in [3.63, 3.8) is 0 Å². The maximum Gasteiger partial charge on any atom is 0.251 e. The van der Waals surface area contributed by atoms with Gasteiger partial charge in [-0.3, -0.25) is 9.59 Å². The Hall–Kier alpha value is -3.20. The van der Waals surface area contributed by atoms with E-state index in [1.54, 1.807) is 24.3 Å². The molecule has 0 aliphatic rings. The molecule has 0 heterocycles. The van der Waals surface area contributed by atoms with Gasteiger partial charge in [-0.15, -0.1) is 0 Å². The summed E-state index contributed by atoms with van der Waals surface area (Å²) in [4.78, 5) is 24.7. The quantitative estimate of drug-likeness (QED) is 0.878. The molecule has 2 aromatic rings. The van der Waals surface area contributed by atoms with Crippen molar-refractivity contribution in [1.29, 1.82) is 5.26 Å². The summed E-state index contributed by atoms with van der Waals surface area (Å²) < 4.78 is 12.9. The SMILES string of the molecule is CC(C)[C@@H](NC(=O)c1ccc(F)cc1)C(=O)Nc1ccc(C#N)cc1. The predicted octanol–water partition coefficient (Wildman–Crippen LogP) is 3.09. The largest absolute Gasteiger partial charge is 0.340 e. The normalized spacial score (nSPS) is 11.5. The first kappa shape index (κ1) is 18.1. The van der Waals surface area contributed by atoms with E-state index in [4.69, 9.17) is 5.26 Å². The molecular formula is C19H18FN3O2. The molecular weight excluding hydrogens is 321 g/mol. The molecule has 128 valence electrons. The van der Waals surface area contributed by atoms with Gasteiger partial charge in [-0.05, 0) is 54.4 Å². The van der Waals surface area contributed by atoms with Gasteiger partial charge < -0.3 is 10.6 Å². The summed E-state index contributed by atoms with van der Waals surface area (Å²) in [5, 5.41) is 14.2. The fraction of sp³-hybridized carbons (Fsp3) is 0.211. The minimum absolute atomic E-state index is 0.150. The highest BCUT2D eigenvalue weighted by Gasteiger charge is 2.24. The molecule has 1 atom stereocenters. The molecule has 0 radical (unpaired) electrons. The first-order valence-corrected chi connectivity index (χ1v) is 7.78. The Kier molecular flexibility index (Phi) is 5.85. The van der Waals surface area contributed by atoms with Crippen LogP contribution in [0.15, 0.2) is 48.5 Å². The predicted molar refractivity (Wildman–Crippen MR) is 92.3 cm³/mol. The van der Waals surface area contributed by atoms with Crippen molar-refractivity contribution in [2.24, 2.45) is 5.92 Å². The van der Waals surface area contributed by atoms with Crippen LogP contribution in [0.4, 0.5) is 10.1 Å². The number of carbonyl (C=O) groups excluding carboxylic acids is 2. The third-order valence-corrected chi connectivity index (χ3v) is 3.62. The maximum absolute atomic E-state index is 12.9. The van der Waals surface area contributed by atoms with Gasteiger partial charge in [0.05, 0.1) is 11.6 Å². The van der Waals surface area contributed by atoms with Crippen molar-refractivity contribution in [2.45, 2.75) is 19.9 Å². The summed E-state index contributed by atoms with van der Waals surface area (Å²) in [6.45, 7) is 3.63. The van der Waals surface area contributed by atoms with Gasteiger partial charge in [-0.25, -0.2) is 4.39 Å². The number of nitrogens with zero attached hydrogens (tertiary/aromatic N) is 1. The van der Waals surface area contributed by atoms with Crippen molar-refractivity contribution in [3.05, 3.63) is 65.5 Å². The standard InChI is InChI=1S/C19H18FN3O2/c1-12(2)17(23-18(24)14-5-7-15(20)8-6-14)19(25)22-16-9-3-13(11-21)4-10-16/h3-10,12,17H,1-2H3,(H,22,25)(H,23,24)/t17-/m1/s1. The molecule has 2 aromatic carbocycles. The number of hydrogen-bond donors (Lipinski definition) is 2. The average Bonchev–Trinajstić information content (AvgIpc) is 2.60. The van der Waals surface area contributed by atoms with E-state index in [0.29, 0.717) is 11.3 Å². The molecule has 2 rings (SSSR count). The zero-order valence-corrected chi connectivity index (χ0v) is 13.9. The minimum atomic E-state index is -0.756. The highest BCUT2D eigenvalue weighted by atomic mass is 19.1. The number of anilines is 1. The molecule has 25 heavy (non-hydrogen) atoms. The molecule has 6 heteroatoms. The average molecular weight is 339 g/mol. The number of nitriles is 1. The smallest absolute Gasteiger partial charge is 0.251 e. The van der Waals surface area contributed by atoms with Gasteiger partial charge in [0.2, 0.25) is 5.91 Å². The van der Waals surface area contributed by atoms with Gasteiger partial charge in [0.15, 0.2) is 0 Å². The minimum Gasteiger partial charge on any atom is -0.340 e. The van der Waals surface area contributed by atoms with Crippen LogP contribution in [0.5, 0.6) is 0 Å². The van der Waals surface area contributed by atoms with Crippen molar-refractivity contribution in [1.82, 2.24) is 5.32 Å². The van der Waals surface area contributed by atoms with Crippen LogP contribution in [-0.2, 0) is 4.79 Å². The van der Waals surface area contributed by atoms with Gasteiger partial charge in [-0.2, -0.15) is 5.26 Å². The molecule has 0 unspecified atom stereocenters. The number of benzene rings is 2. The highest BCUT2D eigenvalue weighted by molar-refractivity contribution is 6.01. The molecule has 0 aromatic heterocycles. The Labute approximate surface area is 145 Å². The number of amides is 2. The monoisotopic (exact) mass is 339 g/mol. The summed E-state index contributed by atoms with van der Waals surface area (Å²) in [5.41, 5.74) is 1.30. The van der Waals surface area contributed by atoms with E-state index >= 15 is 0 Å². The fourth-order valence-electron chi connectivity index (χ4n) is 2.21. The zero-order valence-electron chi connectivity index (χ0n) is 13.9. The van der Waals surface area contributed by atoms with Gasteiger partial charge >= 0.3 is 0 Å². The van der Waals surface area contributed by atoms with Crippen LogP contribution in [0.25, 0.3) is 0 Å². The summed E-state index contributed by atoms with van der Waals surface area (Å²) in [5.74, 6) is -1.40. The van der Waals surface area contributed by atoms with E-state index < -0.39 is 17.8 Å². The number of nitrogens with one attached hydrogen (secondary N) is 2. The van der Waals surface area contributed by atoms with Crippen LogP contribution in [0, 0.1) is 23.1 Å². The van der Waals surface area contributed by atoms with Crippen molar-refractivity contribution in [2.75, 3.05) is 5.32 Å². The van der Waals surface area contributed by atoms with Gasteiger partial charge in [0, 0.05) is 11.3 Å². The van der Waals surface area contributed by atoms with E-state index in [-0.39, 0.29) is 17.4 Å². The molecule has 0 fully saturated rings. The van der Waals surface area contributed by atoms with Gasteiger partial charge in [0.1, 0.15) is 11.9 Å². The number of halogens is 1. The third kappa shape index (κ3) is 4.88. The Balaban J connectivity index is 2.08. The summed E-state index contributed by atoms with van der Waals surface area (Å²) in [6.07, 6.45) is 0. The van der Waals surface area contributed by atoms with Crippen molar-refractivity contribution in [3.8, 4) is 6.07 Å². The van der Waals surface area contributed by atoms with Crippen molar-refractivity contribution >= 4 is 17.5 Å². The molecule has 0 saturated carbocycles. The molecule has 0 saturated heterocycles. The van der Waals surface area contributed by atoms with Gasteiger partial charge in [-0.1, -0.05) is 13.8 Å². The van der Waals surface area contributed by atoms with E-state index in [1.165, 1.54) is 24.3 Å². The van der Waals surface area contributed by atoms with Crippen LogP contribution >= 0.6 is 0 Å². The lowest BCUT2D eigenvalue weighted by molar-refractivity contribution is -0.118. The molecule has 0 aliphatic carbocycles. The summed E-state index contributed by atoms with van der Waals surface area (Å²) in [6, 6.07) is 12.8. The highest BCUT2D eigenvalue weighted by Crippen LogP contribution is 2.12. The lowest BCUT2D eigenvalue weighted by Gasteiger charge is -2.21. The molecule has 5 nitrogen and oxygen atoms in total. The number of carbonyl (C=O) groups is 2. The third-order valence-electron chi connectivity index (χ3n) is 3.62. The molecule has 2 amide bonds. The van der Waals surface area contributed by atoms with E-state index in [0.717, 1.165) is 0 Å². The molecule has 0 bridgehead atoms. The van der Waals surface area contributed by atoms with Crippen LogP contribution < -0.4 is 10.6 Å². The molecule has 2 N–H and O–H groups in total. The Morgan fingerprint density at radius 3 is 2.16 bits per heavy atom. The van der Waals surface area contributed by atoms with Crippen LogP contribution in [0.1, 0.15) is 29.8 Å². The fourth-order valence-corrected chi connectivity index (χ4v) is 2.21. The Morgan fingerprint density at radius 1 is 1.04 bits per heavy atom. The van der Waals surface area contributed by atoms with E-state index in [9.17, 15) is 14.0 Å². The van der Waals surface area contributed by atoms with Crippen LogP contribution in [0.3, 0.4) is 0 Å². The first-order chi connectivity index (χ1) is 11.9. The Morgan fingerprint density at radius 2 is 1.64 bits per heavy atom. The summed E-state index contributed by atoms with van der Waals surface area (Å²) >= 11 is 0. The van der Waals surface area contributed by atoms with E-state index in [2.05, 4.69) is 10.6 Å². The topological polar surface area (TPSA) is 82.0 Å². The van der Waals surface area contributed by atoms with E-state index in [1.807, 2.05) is 19.9 Å². The summed E-state index contributed by atoms with van der Waals surface area (Å²) in [7, 11) is 0. The first-order valence-electron chi connectivity index (χ1n) is 7.78. The number of rotatable bonds is 5. The maximum atomic E-state index is 12.9. The van der Waals surface area contributed by atoms with Crippen molar-refractivity contribution < 1.29 is 14.0 Å². The van der Waals surface area contributed by atoms with Crippen LogP contribution in [-0.4, -0.2) is 17.9 Å². The second-order valence-electron chi connectivity index (χ2n) is 5.88. The van der Waals surface area contributed by atoms with Crippen LogP contribution in [0.2, 0.25) is 0 Å². The second kappa shape index (κ2) is 8.06. The lowest BCUT2D eigenvalue weighted by Crippen LogP contribution is -2.47. The van der Waals surface area contributed by atoms with Gasteiger partial charge in [0.25, 0.3) is 5.91 Å². The Bertz CT molecular complexity index is 793. The zero-order chi connectivity index (χ0) is 18.4. The second-order valence-corrected chi connectivity index (χ2v) is 5.88. The number of hydrogen-bond acceptors (Lipinski definition) is 3.